The zero-order valence-corrected chi connectivity index (χ0v) is 6.13. The molecule has 0 saturated carbocycles. The summed E-state index contributed by atoms with van der Waals surface area (Å²) in [4.78, 5) is 9.76. The van der Waals surface area contributed by atoms with Crippen LogP contribution in [-0.4, -0.2) is 5.37 Å². The molecular weight excluding hydrogens is 177 g/mol. The molecule has 0 heterocycles. The standard InChI is InChI=1S/CHCl2NOS2/c2-1(5)4-7-6-3/h(H,4,5). The average molecular weight is 178 g/mol. The Morgan fingerprint density at radius 2 is 2.29 bits per heavy atom. The van der Waals surface area contributed by atoms with Crippen molar-refractivity contribution >= 4 is 48.6 Å². The van der Waals surface area contributed by atoms with Crippen LogP contribution in [0.4, 0.5) is 4.79 Å². The molecule has 0 aromatic rings. The Balaban J connectivity index is 2.82. The van der Waals surface area contributed by atoms with Crippen molar-refractivity contribution in [2.45, 2.75) is 0 Å². The number of carbonyl (C=O) groups excluding carboxylic acids is 1. The average Bonchev–Trinajstić information content (AvgIpc) is 1.61. The number of halogens is 2. The molecule has 2 nitrogen and oxygen atoms in total. The quantitative estimate of drug-likeness (QED) is 0.304. The van der Waals surface area contributed by atoms with Gasteiger partial charge in [-0.1, -0.05) is 0 Å². The van der Waals surface area contributed by atoms with E-state index in [9.17, 15) is 4.79 Å². The van der Waals surface area contributed by atoms with Crippen LogP contribution in [0.3, 0.4) is 0 Å². The first-order valence-corrected chi connectivity index (χ1v) is 4.52. The van der Waals surface area contributed by atoms with Gasteiger partial charge in [0.1, 0.15) is 0 Å². The number of nitrogens with one attached hydrogen (secondary N) is 1. The van der Waals surface area contributed by atoms with Crippen molar-refractivity contribution in [1.29, 1.82) is 0 Å². The zero-order valence-electron chi connectivity index (χ0n) is 2.98. The van der Waals surface area contributed by atoms with Crippen molar-refractivity contribution in [3.05, 3.63) is 0 Å². The van der Waals surface area contributed by atoms with E-state index in [-0.39, 0.29) is 0 Å². The monoisotopic (exact) mass is 177 g/mol. The molecule has 0 saturated heterocycles. The lowest BCUT2D eigenvalue weighted by Gasteiger charge is -1.87. The van der Waals surface area contributed by atoms with Gasteiger partial charge in [-0.25, -0.2) is 0 Å². The third kappa shape index (κ3) is 6.75. The molecule has 0 unspecified atom stereocenters. The molecular formula is CHCl2NOS2. The van der Waals surface area contributed by atoms with Gasteiger partial charge in [-0.2, -0.15) is 0 Å². The number of amides is 1. The van der Waals surface area contributed by atoms with Gasteiger partial charge in [-0.05, 0) is 22.3 Å². The second kappa shape index (κ2) is 4.90. The van der Waals surface area contributed by atoms with Crippen LogP contribution in [0.15, 0.2) is 0 Å². The SMILES string of the molecule is O=C(Cl)NSSCl. The lowest BCUT2D eigenvalue weighted by molar-refractivity contribution is 0.264. The van der Waals surface area contributed by atoms with Crippen LogP contribution >= 0.6 is 43.3 Å². The number of hydrogen-bond acceptors (Lipinski definition) is 3. The van der Waals surface area contributed by atoms with Crippen LogP contribution in [0.2, 0.25) is 0 Å². The third-order valence-corrected chi connectivity index (χ3v) is 1.70. The fourth-order valence-corrected chi connectivity index (χ4v) is 1.00. The molecule has 0 atom stereocenters. The van der Waals surface area contributed by atoms with Crippen molar-refractivity contribution in [3.63, 3.8) is 0 Å². The summed E-state index contributed by atoms with van der Waals surface area (Å²) < 4.78 is 2.17. The van der Waals surface area contributed by atoms with Gasteiger partial charge in [0, 0.05) is 21.0 Å². The van der Waals surface area contributed by atoms with E-state index in [1.165, 1.54) is 0 Å². The maximum Gasteiger partial charge on any atom is 0.324 e. The second-order valence-corrected chi connectivity index (χ2v) is 3.37. The summed E-state index contributed by atoms with van der Waals surface area (Å²) in [5, 5.41) is -0.613. The lowest BCUT2D eigenvalue weighted by Crippen LogP contribution is -2.01. The highest BCUT2D eigenvalue weighted by Gasteiger charge is 1.89. The minimum Gasteiger partial charge on any atom is -0.276 e. The van der Waals surface area contributed by atoms with Gasteiger partial charge in [-0.15, -0.1) is 0 Å². The first-order valence-electron chi connectivity index (χ1n) is 1.17. The summed E-state index contributed by atoms with van der Waals surface area (Å²) in [5.41, 5.74) is 0. The number of hydrogen-bond donors (Lipinski definition) is 1. The number of rotatable bonds is 2. The molecule has 1 amide bonds. The van der Waals surface area contributed by atoms with E-state index in [4.69, 9.17) is 22.3 Å². The first-order chi connectivity index (χ1) is 3.27. The van der Waals surface area contributed by atoms with E-state index in [0.717, 1.165) is 21.0 Å². The number of carbonyl (C=O) groups is 1. The zero-order chi connectivity index (χ0) is 5.70. The summed E-state index contributed by atoms with van der Waals surface area (Å²) >= 11 is 4.81. The highest BCUT2D eigenvalue weighted by Crippen LogP contribution is 2.21. The van der Waals surface area contributed by atoms with Gasteiger partial charge in [0.25, 0.3) is 0 Å². The molecule has 0 fully saturated rings. The van der Waals surface area contributed by atoms with E-state index in [1.54, 1.807) is 0 Å². The van der Waals surface area contributed by atoms with Crippen molar-refractivity contribution in [2.75, 3.05) is 0 Å². The third-order valence-electron chi connectivity index (χ3n) is 0.153. The predicted octanol–water partition coefficient (Wildman–Crippen LogP) is 2.38. The van der Waals surface area contributed by atoms with Crippen LogP contribution in [0.5, 0.6) is 0 Å². The largest absolute Gasteiger partial charge is 0.324 e. The molecule has 0 spiro atoms. The summed E-state index contributed by atoms with van der Waals surface area (Å²) in [6, 6.07) is 0. The highest BCUT2D eigenvalue weighted by atomic mass is 35.7. The molecule has 0 aromatic heterocycles. The van der Waals surface area contributed by atoms with Crippen LogP contribution in [0, 0.1) is 0 Å². The van der Waals surface area contributed by atoms with Crippen LogP contribution < -0.4 is 4.72 Å². The summed E-state index contributed by atoms with van der Waals surface area (Å²) in [6.45, 7) is 0. The fraction of sp³-hybridized carbons (Fsp3) is 0. The van der Waals surface area contributed by atoms with E-state index in [1.807, 2.05) is 0 Å². The molecule has 0 aliphatic carbocycles. The maximum absolute atomic E-state index is 9.76. The Kier molecular flexibility index (Phi) is 5.42. The van der Waals surface area contributed by atoms with Crippen molar-refractivity contribution in [1.82, 2.24) is 4.72 Å². The minimum absolute atomic E-state index is 0.613. The van der Waals surface area contributed by atoms with Gasteiger partial charge in [0.15, 0.2) is 0 Å². The normalized spacial score (nSPS) is 8.29. The van der Waals surface area contributed by atoms with Gasteiger partial charge in [-0.3, -0.25) is 9.52 Å². The van der Waals surface area contributed by atoms with Gasteiger partial charge < -0.3 is 0 Å². The topological polar surface area (TPSA) is 29.1 Å². The fourth-order valence-electron chi connectivity index (χ4n) is 0.0485. The molecule has 0 rings (SSSR count). The minimum atomic E-state index is -0.613. The van der Waals surface area contributed by atoms with Crippen molar-refractivity contribution in [3.8, 4) is 0 Å². The highest BCUT2D eigenvalue weighted by molar-refractivity contribution is 8.84. The summed E-state index contributed by atoms with van der Waals surface area (Å²) in [7, 11) is 6.92. The predicted molar refractivity (Wildman–Crippen MR) is 35.4 cm³/mol. The molecule has 0 bridgehead atoms. The smallest absolute Gasteiger partial charge is 0.276 e. The Labute approximate surface area is 58.3 Å². The molecule has 6 heteroatoms. The van der Waals surface area contributed by atoms with Gasteiger partial charge in [0.2, 0.25) is 0 Å². The molecule has 42 valence electrons. The Hall–Kier alpha value is 0.750. The Morgan fingerprint density at radius 1 is 1.71 bits per heavy atom. The summed E-state index contributed by atoms with van der Waals surface area (Å²) in [5.74, 6) is 0. The lowest BCUT2D eigenvalue weighted by atomic mass is 11.5. The van der Waals surface area contributed by atoms with Crippen molar-refractivity contribution in [2.24, 2.45) is 0 Å². The first kappa shape index (κ1) is 7.75. The Morgan fingerprint density at radius 3 is 2.43 bits per heavy atom. The summed E-state index contributed by atoms with van der Waals surface area (Å²) in [6.07, 6.45) is 0. The van der Waals surface area contributed by atoms with Gasteiger partial charge >= 0.3 is 5.37 Å². The molecule has 7 heavy (non-hydrogen) atoms. The molecule has 0 aromatic carbocycles. The van der Waals surface area contributed by atoms with Gasteiger partial charge in [0.05, 0.1) is 0 Å². The van der Waals surface area contributed by atoms with E-state index in [2.05, 4.69) is 4.72 Å². The van der Waals surface area contributed by atoms with E-state index < -0.39 is 5.37 Å². The molecule has 0 aliphatic rings. The van der Waals surface area contributed by atoms with Crippen LogP contribution in [0.1, 0.15) is 0 Å². The van der Waals surface area contributed by atoms with E-state index in [0.29, 0.717) is 0 Å². The van der Waals surface area contributed by atoms with Crippen LogP contribution in [-0.2, 0) is 0 Å². The molecule has 1 N–H and O–H groups in total. The van der Waals surface area contributed by atoms with Crippen molar-refractivity contribution < 1.29 is 4.79 Å². The van der Waals surface area contributed by atoms with Crippen LogP contribution in [0.25, 0.3) is 0 Å². The second-order valence-electron chi connectivity index (χ2n) is 0.522. The molecule has 0 radical (unpaired) electrons. The Bertz CT molecular complexity index is 68.7. The van der Waals surface area contributed by atoms with E-state index >= 15 is 0 Å². The molecule has 0 aliphatic heterocycles. The maximum atomic E-state index is 9.76.